The van der Waals surface area contributed by atoms with E-state index >= 15 is 0 Å². The second kappa shape index (κ2) is 27.7. The number of aliphatic hydroxyl groups is 13. The third-order valence-corrected chi connectivity index (χ3v) is 20.8. The van der Waals surface area contributed by atoms with Crippen molar-refractivity contribution in [2.45, 2.75) is 278 Å². The molecule has 0 radical (unpaired) electrons. The van der Waals surface area contributed by atoms with Crippen LogP contribution in [0.3, 0.4) is 0 Å². The Hall–Kier alpha value is -0.640. The molecule has 4 aliphatic carbocycles. The molecule has 5 saturated heterocycles. The number of rotatable bonds is 18. The van der Waals surface area contributed by atoms with Crippen molar-refractivity contribution in [1.82, 2.24) is 0 Å². The van der Waals surface area contributed by atoms with Crippen molar-refractivity contribution in [3.05, 3.63) is 11.6 Å². The van der Waals surface area contributed by atoms with Crippen LogP contribution in [0.1, 0.15) is 113 Å². The number of Topliss-reactive ketones (excluding diaryl/α,β-unsaturated/α-hetero) is 1. The average Bonchev–Trinajstić information content (AvgIpc) is 1.30. The van der Waals surface area contributed by atoms with E-state index in [1.807, 2.05) is 13.8 Å². The summed E-state index contributed by atoms with van der Waals surface area (Å²) in [6.45, 7) is 12.5. The van der Waals surface area contributed by atoms with Gasteiger partial charge in [-0.3, -0.25) is 8.98 Å². The number of aliphatic hydroxyl groups excluding tert-OH is 12. The number of carbonyl (C=O) groups excluding carboxylic acids is 1. The molecule has 3 saturated carbocycles. The zero-order valence-corrected chi connectivity index (χ0v) is 52.9. The summed E-state index contributed by atoms with van der Waals surface area (Å²) in [5.41, 5.74) is -1.31. The van der Waals surface area contributed by atoms with Gasteiger partial charge < -0.3 is 118 Å². The minimum Gasteiger partial charge on any atom is -0.726 e. The molecule has 13 N–H and O–H groups in total. The predicted molar refractivity (Wildman–Crippen MR) is 284 cm³/mol. The molecule has 490 valence electrons. The molecule has 86 heavy (non-hydrogen) atoms. The molecule has 0 amide bonds. The summed E-state index contributed by atoms with van der Waals surface area (Å²) in [5, 5.41) is 145. The summed E-state index contributed by atoms with van der Waals surface area (Å²) in [6, 6.07) is 0. The molecule has 0 spiro atoms. The van der Waals surface area contributed by atoms with E-state index in [0.29, 0.717) is 38.5 Å². The largest absolute Gasteiger partial charge is 1.00 e. The Morgan fingerprint density at radius 2 is 1.21 bits per heavy atom. The SMILES string of the molecule is CC(C)CC(=O)C[C@](C)(O)C1CCC2C3C[C@H](OC4OC(C)C(O)C(OC5OCC(OC6OC(CO)C(O)C(O)C6OC6OC(C)C(O)C(O)C6O)C(O)C5OC5OC(C)C(O)C(O)C5O)C4O)[C@H]4C[C@@H](OS(=O)(=O)[O-])CC[C@]4(C)C3=CC[C@@]21C.[Na+]. The van der Waals surface area contributed by atoms with E-state index < -0.39 is 206 Å². The first-order valence-electron chi connectivity index (χ1n) is 29.9. The minimum atomic E-state index is -5.13. The molecule has 0 bridgehead atoms. The quantitative estimate of drug-likeness (QED) is 0.0263. The van der Waals surface area contributed by atoms with Crippen LogP contribution in [0.25, 0.3) is 0 Å². The van der Waals surface area contributed by atoms with E-state index in [9.17, 15) is 84.1 Å². The number of allylic oxidation sites excluding steroid dienone is 2. The Labute approximate surface area is 522 Å². The van der Waals surface area contributed by atoms with Gasteiger partial charge in [-0.2, -0.15) is 0 Å². The van der Waals surface area contributed by atoms with Gasteiger partial charge in [0, 0.05) is 12.8 Å². The second-order valence-electron chi connectivity index (χ2n) is 26.6. The molecule has 0 aromatic rings. The maximum Gasteiger partial charge on any atom is 1.00 e. The molecule has 8 fully saturated rings. The van der Waals surface area contributed by atoms with Crippen LogP contribution in [-0.2, 0) is 66.7 Å². The fourth-order valence-electron chi connectivity index (χ4n) is 15.8. The van der Waals surface area contributed by atoms with E-state index in [2.05, 4.69) is 19.9 Å². The Kier molecular flexibility index (Phi) is 23.0. The van der Waals surface area contributed by atoms with Gasteiger partial charge in [0.15, 0.2) is 31.5 Å². The van der Waals surface area contributed by atoms with Crippen molar-refractivity contribution in [2.24, 2.45) is 40.4 Å². The van der Waals surface area contributed by atoms with Crippen LogP contribution in [0.15, 0.2) is 11.6 Å². The molecule has 33 atom stereocenters. The first-order chi connectivity index (χ1) is 39.7. The summed E-state index contributed by atoms with van der Waals surface area (Å²) in [6.07, 6.45) is -37.5. The first kappa shape index (κ1) is 71.2. The van der Waals surface area contributed by atoms with E-state index in [-0.39, 0.29) is 78.3 Å². The van der Waals surface area contributed by atoms with Gasteiger partial charge in [-0.1, -0.05) is 39.3 Å². The molecule has 9 aliphatic rings. The first-order valence-corrected chi connectivity index (χ1v) is 31.2. The summed E-state index contributed by atoms with van der Waals surface area (Å²) in [7, 11) is -5.13. The fraction of sp³-hybridized carbons (Fsp3) is 0.946. The number of ketones is 1. The standard InChI is InChI=1S/C56H92O28S.Na/c1-21(2)15-25(58)18-56(8,70)34-10-9-28-27-17-31(30-16-26(84-85(71,72)73)11-13-54(30,6)29(27)12-14-55(28,34)7)78-51-45(69)46(37(61)24(5)77-51)81-52-47(82-49-43(67)40(64)35(59)22(3)75-49)39(63)33(20-74-52)80-53-48(42(66)38(62)32(19-57)79-53)83-50-44(68)41(65)36(60)23(4)76-50;/h12,21-24,26-28,30-53,57,59-70H,9-11,13-20H2,1-8H3,(H,71,72,73);/q;+1/p-1/t22?,23?,24?,26-,27?,28?,30+,31-,32?,33?,34?,35?,36?,37?,38?,39?,40?,41?,42?,43?,44?,45?,46?,47?,48?,49?,50?,51?,52?,53?,54+,55-,56-;/m0./s1. The number of hydrogen-bond donors (Lipinski definition) is 13. The van der Waals surface area contributed by atoms with Crippen LogP contribution in [0, 0.1) is 40.4 Å². The summed E-state index contributed by atoms with van der Waals surface area (Å²) < 4.78 is 102. The molecule has 5 heterocycles. The molecule has 28 nitrogen and oxygen atoms in total. The van der Waals surface area contributed by atoms with Gasteiger partial charge in [0.1, 0.15) is 103 Å². The molecule has 0 aromatic carbocycles. The molecule has 0 aromatic heterocycles. The number of hydrogen-bond acceptors (Lipinski definition) is 28. The van der Waals surface area contributed by atoms with Gasteiger partial charge in [-0.25, -0.2) is 8.42 Å². The van der Waals surface area contributed by atoms with E-state index in [1.54, 1.807) is 6.92 Å². The topological polar surface area (TPSA) is 439 Å². The normalized spacial score (nSPS) is 50.7. The monoisotopic (exact) mass is 1270 g/mol. The van der Waals surface area contributed by atoms with Crippen LogP contribution in [-0.4, -0.2) is 264 Å². The Balaban J connectivity index is 0.00000961. The van der Waals surface area contributed by atoms with E-state index in [4.69, 9.17) is 51.6 Å². The van der Waals surface area contributed by atoms with Crippen molar-refractivity contribution in [1.29, 1.82) is 0 Å². The summed E-state index contributed by atoms with van der Waals surface area (Å²) in [4.78, 5) is 13.2. The maximum absolute atomic E-state index is 13.2. The van der Waals surface area contributed by atoms with Gasteiger partial charge in [-0.05, 0) is 113 Å². The average molecular weight is 1270 g/mol. The van der Waals surface area contributed by atoms with Crippen molar-refractivity contribution in [2.75, 3.05) is 13.2 Å². The smallest absolute Gasteiger partial charge is 0.726 e. The van der Waals surface area contributed by atoms with Crippen molar-refractivity contribution < 1.29 is 165 Å². The van der Waals surface area contributed by atoms with Gasteiger partial charge in [0.25, 0.3) is 0 Å². The number of fused-ring (bicyclic) bond motifs is 5. The van der Waals surface area contributed by atoms with Crippen LogP contribution in [0.2, 0.25) is 0 Å². The third kappa shape index (κ3) is 14.2. The van der Waals surface area contributed by atoms with Crippen LogP contribution >= 0.6 is 0 Å². The van der Waals surface area contributed by atoms with Crippen LogP contribution in [0.5, 0.6) is 0 Å². The van der Waals surface area contributed by atoms with E-state index in [1.165, 1.54) is 20.8 Å². The predicted octanol–water partition coefficient (Wildman–Crippen LogP) is -6.02. The fourth-order valence-corrected chi connectivity index (χ4v) is 16.3. The second-order valence-corrected chi connectivity index (χ2v) is 27.7. The zero-order valence-electron chi connectivity index (χ0n) is 50.1. The van der Waals surface area contributed by atoms with Crippen molar-refractivity contribution in [3.8, 4) is 0 Å². The zero-order chi connectivity index (χ0) is 62.3. The van der Waals surface area contributed by atoms with Crippen molar-refractivity contribution >= 4 is 16.2 Å². The minimum absolute atomic E-state index is 0. The van der Waals surface area contributed by atoms with Crippen LogP contribution in [0.4, 0.5) is 0 Å². The molecular formula is C56H91NaO28S. The Morgan fingerprint density at radius 3 is 1.78 bits per heavy atom. The van der Waals surface area contributed by atoms with Crippen LogP contribution < -0.4 is 29.6 Å². The molecule has 9 rings (SSSR count). The van der Waals surface area contributed by atoms with E-state index in [0.717, 1.165) is 5.57 Å². The Bertz CT molecular complexity index is 2430. The third-order valence-electron chi connectivity index (χ3n) is 20.3. The molecule has 30 heteroatoms. The van der Waals surface area contributed by atoms with Crippen molar-refractivity contribution in [3.63, 3.8) is 0 Å². The van der Waals surface area contributed by atoms with Gasteiger partial charge in [0.05, 0.1) is 49.3 Å². The molecular weight excluding hydrogens is 1180 g/mol. The number of ether oxygens (including phenoxy) is 10. The summed E-state index contributed by atoms with van der Waals surface area (Å²) >= 11 is 0. The molecule has 5 aliphatic heterocycles. The number of carbonyl (C=O) groups is 1. The maximum atomic E-state index is 13.2. The van der Waals surface area contributed by atoms with Gasteiger partial charge in [-0.15, -0.1) is 0 Å². The Morgan fingerprint density at radius 1 is 0.663 bits per heavy atom. The van der Waals surface area contributed by atoms with Gasteiger partial charge in [0.2, 0.25) is 10.4 Å². The molecule has 27 unspecified atom stereocenters. The van der Waals surface area contributed by atoms with Gasteiger partial charge >= 0.3 is 29.6 Å². The summed E-state index contributed by atoms with van der Waals surface area (Å²) in [5.74, 6) is -0.864.